The van der Waals surface area contributed by atoms with E-state index in [9.17, 15) is 51.9 Å². The molecule has 7 aromatic rings. The number of aromatic nitrogens is 4. The number of rotatable bonds is 8. The molecule has 2 aliphatic rings. The Morgan fingerprint density at radius 2 is 0.492 bits per heavy atom. The molecular weight excluding hydrogens is 1060 g/mol. The van der Waals surface area contributed by atoms with Crippen LogP contribution in [0, 0.1) is 39.9 Å². The first-order valence-corrected chi connectivity index (χ1v) is 24.5. The fourth-order valence-corrected chi connectivity index (χ4v) is 9.51. The monoisotopic (exact) mass is 1090 g/mol. The van der Waals surface area contributed by atoms with E-state index in [2.05, 4.69) is 9.97 Å². The number of fused-ring (bicyclic) bond motifs is 8. The van der Waals surface area contributed by atoms with Crippen LogP contribution in [0.25, 0.3) is 90.9 Å². The zero-order valence-electron chi connectivity index (χ0n) is 32.8. The van der Waals surface area contributed by atoms with Gasteiger partial charge in [0.25, 0.3) is 40.5 Å². The van der Waals surface area contributed by atoms with Gasteiger partial charge >= 0.3 is 39.9 Å². The topological polar surface area (TPSA) is 275 Å². The van der Waals surface area contributed by atoms with Crippen LogP contribution < -0.4 is 0 Å². The fourth-order valence-electron chi connectivity index (χ4n) is 7.59. The van der Waals surface area contributed by atoms with Crippen LogP contribution in [0.15, 0.2) is 141 Å². The van der Waals surface area contributed by atoms with E-state index < -0.39 is 40.5 Å². The summed E-state index contributed by atoms with van der Waals surface area (Å²) in [5.74, 6) is 0. The molecule has 0 atom stereocenters. The van der Waals surface area contributed by atoms with E-state index in [1.807, 2.05) is 0 Å². The normalized spacial score (nSPS) is 12.9. The molecule has 9 rings (SSSR count). The van der Waals surface area contributed by atoms with E-state index >= 15 is 0 Å². The quantitative estimate of drug-likeness (QED) is 0.0781. The maximum absolute atomic E-state index is 12.0. The van der Waals surface area contributed by atoms with Gasteiger partial charge in [-0.1, -0.05) is 48.5 Å². The summed E-state index contributed by atoms with van der Waals surface area (Å²) in [6.45, 7) is 0. The summed E-state index contributed by atoms with van der Waals surface area (Å²) < 4.78 is 135. The van der Waals surface area contributed by atoms with Gasteiger partial charge < -0.3 is 9.97 Å². The minimum atomic E-state index is -4.55. The number of H-pyrrole nitrogens is 2. The molecule has 65 heavy (non-hydrogen) atoms. The molecule has 0 saturated heterocycles. The van der Waals surface area contributed by atoms with Crippen LogP contribution in [0.1, 0.15) is 22.8 Å². The molecule has 0 amide bonds. The van der Waals surface area contributed by atoms with Crippen molar-refractivity contribution in [1.82, 2.24) is 19.9 Å². The molecule has 16 nitrogen and oxygen atoms in total. The Labute approximate surface area is 403 Å². The predicted molar refractivity (Wildman–Crippen MR) is 240 cm³/mol. The molecule has 0 saturated carbocycles. The smallest absolute Gasteiger partial charge is 0.354 e. The van der Waals surface area contributed by atoms with Gasteiger partial charge in [-0.15, -0.1) is 0 Å². The van der Waals surface area contributed by atoms with Crippen LogP contribution in [-0.4, -0.2) is 71.8 Å². The molecule has 327 valence electrons. The van der Waals surface area contributed by atoms with Crippen molar-refractivity contribution < 1.29 is 91.8 Å². The Bertz CT molecular complexity index is 3300. The molecule has 1 radical (unpaired) electrons. The Morgan fingerprint density at radius 3 is 0.662 bits per heavy atom. The molecule has 3 aromatic heterocycles. The van der Waals surface area contributed by atoms with E-state index in [1.54, 1.807) is 48.6 Å². The number of benzene rings is 4. The van der Waals surface area contributed by atoms with Gasteiger partial charge in [-0.25, -0.2) is 9.97 Å². The molecule has 0 unspecified atom stereocenters. The molecule has 0 spiro atoms. The maximum atomic E-state index is 12.0. The first-order valence-electron chi connectivity index (χ1n) is 18.7. The van der Waals surface area contributed by atoms with Gasteiger partial charge in [0.05, 0.1) is 42.4 Å². The molecule has 6 N–H and O–H groups in total. The Morgan fingerprint density at radius 1 is 0.308 bits per heavy atom. The van der Waals surface area contributed by atoms with E-state index in [4.69, 9.17) is 9.97 Å². The van der Waals surface area contributed by atoms with Gasteiger partial charge in [-0.2, -0.15) is 33.7 Å². The minimum absolute atomic E-state index is 0. The number of aromatic amines is 2. The van der Waals surface area contributed by atoms with Crippen LogP contribution in [0.2, 0.25) is 0 Å². The molecule has 2 aliphatic heterocycles. The van der Waals surface area contributed by atoms with Gasteiger partial charge in [0.2, 0.25) is 0 Å². The minimum Gasteiger partial charge on any atom is -0.354 e. The van der Waals surface area contributed by atoms with Crippen molar-refractivity contribution in [3.05, 3.63) is 144 Å². The zero-order valence-corrected chi connectivity index (χ0v) is 38.3. The maximum Gasteiger partial charge on any atom is 3.00 e. The van der Waals surface area contributed by atoms with Gasteiger partial charge in [0.15, 0.2) is 0 Å². The molecular formula is C44H30GdN4O12S4+3. The summed E-state index contributed by atoms with van der Waals surface area (Å²) in [7, 11) is -18.2. The second kappa shape index (κ2) is 17.0. The SMILES string of the molecule is O=S(=O)(O)c1ccc(-c2c3nc(c(-c4ccc(S(=O)(=O)O)cc4)c4ccc([nH]4)c(-c4ccc(S(=O)(=O)O)cc4)c4nc(c(-c5ccc(S(=O)(=O)O)cc5)c5ccc2[nH]5)C=C4)C=C3)cc1.[Gd+3]. The summed E-state index contributed by atoms with van der Waals surface area (Å²) in [4.78, 5) is 15.6. The van der Waals surface area contributed by atoms with Crippen LogP contribution >= 0.6 is 0 Å². The van der Waals surface area contributed by atoms with Gasteiger partial charge in [-0.3, -0.25) is 18.2 Å². The number of hydrogen-bond acceptors (Lipinski definition) is 10. The number of nitrogens with zero attached hydrogens (tertiary/aromatic N) is 2. The van der Waals surface area contributed by atoms with Gasteiger partial charge in [0.1, 0.15) is 0 Å². The van der Waals surface area contributed by atoms with Gasteiger partial charge in [0, 0.05) is 44.3 Å². The van der Waals surface area contributed by atoms with E-state index in [0.29, 0.717) is 89.4 Å². The summed E-state index contributed by atoms with van der Waals surface area (Å²) in [5, 5.41) is 0. The Kier molecular flexibility index (Phi) is 12.0. The van der Waals surface area contributed by atoms with Crippen molar-refractivity contribution in [3.8, 4) is 44.5 Å². The molecule has 0 fully saturated rings. The second-order valence-electron chi connectivity index (χ2n) is 14.5. The third kappa shape index (κ3) is 9.18. The van der Waals surface area contributed by atoms with Crippen LogP contribution in [0.4, 0.5) is 0 Å². The van der Waals surface area contributed by atoms with Crippen LogP contribution in [0.5, 0.6) is 0 Å². The van der Waals surface area contributed by atoms with Crippen molar-refractivity contribution in [1.29, 1.82) is 0 Å². The van der Waals surface area contributed by atoms with E-state index in [1.165, 1.54) is 97.1 Å². The average Bonchev–Trinajstić information content (AvgIpc) is 4.08. The third-order valence-corrected chi connectivity index (χ3v) is 14.0. The Balaban J connectivity index is 0.00000576. The molecule has 0 aliphatic carbocycles. The first-order chi connectivity index (χ1) is 30.2. The standard InChI is InChI=1S/C44H30N4O12S4.Gd/c49-61(50,51)29-9-1-25(2-10-29)41-33-17-19-35(45-33)42(26-3-11-30(12-4-26)62(52,53)54)37-21-23-39(47-37)44(28-7-15-32(16-8-28)64(58,59)60)40-24-22-38(48-40)43(36-20-18-34(41)46-36)27-5-13-31(14-6-27)63(55,56)57;/h1-24,45,48H,(H,49,50,51)(H,52,53,54)(H,55,56,57)(H,58,59,60);/q;+3. The Hall–Kier alpha value is -5.56. The first kappa shape index (κ1) is 46.0. The predicted octanol–water partition coefficient (Wildman–Crippen LogP) is 8.31. The van der Waals surface area contributed by atoms with Crippen molar-refractivity contribution in [2.75, 3.05) is 0 Å². The van der Waals surface area contributed by atoms with Crippen LogP contribution in [-0.2, 0) is 40.5 Å². The summed E-state index contributed by atoms with van der Waals surface area (Å²) >= 11 is 0. The zero-order chi connectivity index (χ0) is 45.3. The molecule has 8 bridgehead atoms. The summed E-state index contributed by atoms with van der Waals surface area (Å²) in [6, 6.07) is 29.0. The van der Waals surface area contributed by atoms with Crippen molar-refractivity contribution in [3.63, 3.8) is 0 Å². The summed E-state index contributed by atoms with van der Waals surface area (Å²) in [5.41, 5.74) is 7.41. The van der Waals surface area contributed by atoms with Crippen molar-refractivity contribution >= 4 is 86.8 Å². The largest absolute Gasteiger partial charge is 3.00 e. The third-order valence-electron chi connectivity index (χ3n) is 10.5. The van der Waals surface area contributed by atoms with Gasteiger partial charge in [-0.05, 0) is 119 Å². The number of hydrogen-bond donors (Lipinski definition) is 6. The number of nitrogens with one attached hydrogen (secondary N) is 2. The molecule has 5 heterocycles. The second-order valence-corrected chi connectivity index (χ2v) is 20.2. The summed E-state index contributed by atoms with van der Waals surface area (Å²) in [6.07, 6.45) is 6.92. The van der Waals surface area contributed by atoms with E-state index in [0.717, 1.165) is 0 Å². The average molecular weight is 1090 g/mol. The van der Waals surface area contributed by atoms with Crippen molar-refractivity contribution in [2.24, 2.45) is 0 Å². The molecule has 4 aromatic carbocycles. The molecule has 21 heteroatoms. The van der Waals surface area contributed by atoms with E-state index in [-0.39, 0.29) is 59.5 Å². The van der Waals surface area contributed by atoms with Crippen molar-refractivity contribution in [2.45, 2.75) is 19.6 Å². The van der Waals surface area contributed by atoms with Crippen LogP contribution in [0.3, 0.4) is 0 Å². The fraction of sp³-hybridized carbons (Fsp3) is 0.